The summed E-state index contributed by atoms with van der Waals surface area (Å²) >= 11 is 1.49. The van der Waals surface area contributed by atoms with Crippen molar-refractivity contribution in [2.24, 2.45) is 5.92 Å². The fourth-order valence-corrected chi connectivity index (χ4v) is 3.48. The van der Waals surface area contributed by atoms with Gasteiger partial charge in [-0.15, -0.1) is 0 Å². The molecular formula is C15H25N5OS. The number of hydrogen-bond donors (Lipinski definition) is 1. The van der Waals surface area contributed by atoms with E-state index in [1.807, 2.05) is 0 Å². The Morgan fingerprint density at radius 2 is 2.18 bits per heavy atom. The summed E-state index contributed by atoms with van der Waals surface area (Å²) in [5, 5.41) is 4.08. The van der Waals surface area contributed by atoms with E-state index in [0.717, 1.165) is 62.4 Å². The summed E-state index contributed by atoms with van der Waals surface area (Å²) in [5.74, 6) is 1.85. The van der Waals surface area contributed by atoms with Gasteiger partial charge in [-0.2, -0.15) is 4.37 Å². The zero-order valence-electron chi connectivity index (χ0n) is 13.3. The quantitative estimate of drug-likeness (QED) is 0.851. The lowest BCUT2D eigenvalue weighted by Crippen LogP contribution is -2.39. The van der Waals surface area contributed by atoms with Crippen LogP contribution >= 0.6 is 11.5 Å². The first kappa shape index (κ1) is 15.7. The number of anilines is 1. The molecule has 0 atom stereocenters. The first-order chi connectivity index (χ1) is 10.7. The third-order valence-electron chi connectivity index (χ3n) is 4.28. The number of amides is 1. The molecule has 0 unspecified atom stereocenters. The highest BCUT2D eigenvalue weighted by atomic mass is 32.1. The van der Waals surface area contributed by atoms with Crippen molar-refractivity contribution >= 4 is 22.6 Å². The minimum Gasteiger partial charge on any atom is -0.355 e. The summed E-state index contributed by atoms with van der Waals surface area (Å²) in [5.41, 5.74) is 0. The molecule has 0 spiro atoms. The van der Waals surface area contributed by atoms with Crippen molar-refractivity contribution in [3.63, 3.8) is 0 Å². The van der Waals surface area contributed by atoms with Crippen molar-refractivity contribution in [1.82, 2.24) is 19.6 Å². The summed E-state index contributed by atoms with van der Waals surface area (Å²) in [7, 11) is 0. The number of nitrogens with zero attached hydrogens (tertiary/aromatic N) is 4. The SMILES string of the molecule is CCc1nsc(N2CCCN(CC(=O)NCC3CC3)CC2)n1. The number of aromatic nitrogens is 2. The van der Waals surface area contributed by atoms with Crippen LogP contribution in [0.15, 0.2) is 0 Å². The van der Waals surface area contributed by atoms with Gasteiger partial charge in [-0.1, -0.05) is 6.92 Å². The summed E-state index contributed by atoms with van der Waals surface area (Å²) in [6.45, 7) is 7.29. The maximum atomic E-state index is 12.0. The lowest BCUT2D eigenvalue weighted by molar-refractivity contribution is -0.122. The zero-order valence-corrected chi connectivity index (χ0v) is 14.1. The zero-order chi connectivity index (χ0) is 15.4. The Kier molecular flexibility index (Phi) is 5.25. The first-order valence-corrected chi connectivity index (χ1v) is 9.08. The number of carbonyl (C=O) groups excluding carboxylic acids is 1. The molecule has 2 heterocycles. The van der Waals surface area contributed by atoms with Gasteiger partial charge in [0.2, 0.25) is 11.0 Å². The van der Waals surface area contributed by atoms with Gasteiger partial charge in [0.25, 0.3) is 0 Å². The first-order valence-electron chi connectivity index (χ1n) is 8.31. The summed E-state index contributed by atoms with van der Waals surface area (Å²) in [6, 6.07) is 0. The van der Waals surface area contributed by atoms with Crippen LogP contribution in [0.5, 0.6) is 0 Å². The average Bonchev–Trinajstić information content (AvgIpc) is 3.28. The fraction of sp³-hybridized carbons (Fsp3) is 0.800. The van der Waals surface area contributed by atoms with E-state index in [1.54, 1.807) is 0 Å². The maximum Gasteiger partial charge on any atom is 0.234 e. The Morgan fingerprint density at radius 3 is 2.91 bits per heavy atom. The molecule has 1 aromatic rings. The van der Waals surface area contributed by atoms with Crippen LogP contribution in [0.3, 0.4) is 0 Å². The van der Waals surface area contributed by atoms with E-state index in [2.05, 4.69) is 31.4 Å². The van der Waals surface area contributed by atoms with E-state index in [1.165, 1.54) is 24.4 Å². The normalized spacial score (nSPS) is 20.0. The van der Waals surface area contributed by atoms with Crippen molar-refractivity contribution < 1.29 is 4.79 Å². The Labute approximate surface area is 136 Å². The Hall–Kier alpha value is -1.21. The van der Waals surface area contributed by atoms with Gasteiger partial charge in [-0.05, 0) is 25.2 Å². The van der Waals surface area contributed by atoms with Crippen molar-refractivity contribution in [2.75, 3.05) is 44.2 Å². The number of rotatable bonds is 6. The minimum atomic E-state index is 0.171. The van der Waals surface area contributed by atoms with Crippen molar-refractivity contribution in [1.29, 1.82) is 0 Å². The second kappa shape index (κ2) is 7.37. The Bertz CT molecular complexity index is 502. The van der Waals surface area contributed by atoms with Gasteiger partial charge in [-0.25, -0.2) is 4.98 Å². The molecule has 0 radical (unpaired) electrons. The molecule has 1 aliphatic heterocycles. The third-order valence-corrected chi connectivity index (χ3v) is 5.10. The molecule has 1 N–H and O–H groups in total. The molecule has 3 rings (SSSR count). The van der Waals surface area contributed by atoms with Gasteiger partial charge in [-0.3, -0.25) is 9.69 Å². The molecule has 1 amide bonds. The summed E-state index contributed by atoms with van der Waals surface area (Å²) in [4.78, 5) is 21.1. The highest BCUT2D eigenvalue weighted by molar-refractivity contribution is 7.09. The lowest BCUT2D eigenvalue weighted by atomic mass is 10.3. The topological polar surface area (TPSA) is 61.4 Å². The summed E-state index contributed by atoms with van der Waals surface area (Å²) < 4.78 is 4.37. The molecule has 122 valence electrons. The maximum absolute atomic E-state index is 12.0. The van der Waals surface area contributed by atoms with Crippen LogP contribution in [0, 0.1) is 5.92 Å². The highest BCUT2D eigenvalue weighted by Crippen LogP contribution is 2.27. The van der Waals surface area contributed by atoms with Crippen LogP contribution in [0.2, 0.25) is 0 Å². The molecule has 1 saturated heterocycles. The summed E-state index contributed by atoms with van der Waals surface area (Å²) in [6.07, 6.45) is 4.51. The Balaban J connectivity index is 1.45. The van der Waals surface area contributed by atoms with E-state index in [0.29, 0.717) is 6.54 Å². The number of carbonyl (C=O) groups is 1. The van der Waals surface area contributed by atoms with Crippen molar-refractivity contribution in [3.8, 4) is 0 Å². The molecule has 2 fully saturated rings. The molecule has 1 aromatic heterocycles. The molecule has 6 nitrogen and oxygen atoms in total. The van der Waals surface area contributed by atoms with Gasteiger partial charge >= 0.3 is 0 Å². The fourth-order valence-electron chi connectivity index (χ4n) is 2.68. The molecule has 1 aliphatic carbocycles. The predicted octanol–water partition coefficient (Wildman–Crippen LogP) is 1.14. The van der Waals surface area contributed by atoms with Crippen LogP contribution in [0.4, 0.5) is 5.13 Å². The highest BCUT2D eigenvalue weighted by Gasteiger charge is 2.23. The monoisotopic (exact) mass is 323 g/mol. The number of hydrogen-bond acceptors (Lipinski definition) is 6. The van der Waals surface area contributed by atoms with E-state index >= 15 is 0 Å². The standard InChI is InChI=1S/C15H25N5OS/c1-2-13-17-15(22-18-13)20-7-3-6-19(8-9-20)11-14(21)16-10-12-4-5-12/h12H,2-11H2,1H3,(H,16,21). The van der Waals surface area contributed by atoms with Gasteiger partial charge < -0.3 is 10.2 Å². The van der Waals surface area contributed by atoms with E-state index < -0.39 is 0 Å². The van der Waals surface area contributed by atoms with Crippen LogP contribution < -0.4 is 10.2 Å². The van der Waals surface area contributed by atoms with Gasteiger partial charge in [0.15, 0.2) is 0 Å². The molecule has 0 bridgehead atoms. The second-order valence-electron chi connectivity index (χ2n) is 6.21. The average molecular weight is 323 g/mol. The van der Waals surface area contributed by atoms with Gasteiger partial charge in [0.1, 0.15) is 5.82 Å². The van der Waals surface area contributed by atoms with E-state index in [-0.39, 0.29) is 5.91 Å². The molecule has 1 saturated carbocycles. The van der Waals surface area contributed by atoms with Crippen molar-refractivity contribution in [3.05, 3.63) is 5.82 Å². The Morgan fingerprint density at radius 1 is 1.32 bits per heavy atom. The minimum absolute atomic E-state index is 0.171. The number of nitrogens with one attached hydrogen (secondary N) is 1. The second-order valence-corrected chi connectivity index (χ2v) is 6.94. The van der Waals surface area contributed by atoms with Crippen molar-refractivity contribution in [2.45, 2.75) is 32.6 Å². The van der Waals surface area contributed by atoms with Crippen LogP contribution in [-0.2, 0) is 11.2 Å². The van der Waals surface area contributed by atoms with Crippen LogP contribution in [0.1, 0.15) is 32.0 Å². The molecule has 7 heteroatoms. The molecule has 0 aromatic carbocycles. The largest absolute Gasteiger partial charge is 0.355 e. The van der Waals surface area contributed by atoms with E-state index in [9.17, 15) is 4.79 Å². The molecular weight excluding hydrogens is 298 g/mol. The predicted molar refractivity (Wildman–Crippen MR) is 88.3 cm³/mol. The number of aryl methyl sites for hydroxylation is 1. The lowest BCUT2D eigenvalue weighted by Gasteiger charge is -2.20. The van der Waals surface area contributed by atoms with Crippen LogP contribution in [0.25, 0.3) is 0 Å². The van der Waals surface area contributed by atoms with Crippen LogP contribution in [-0.4, -0.2) is 59.4 Å². The smallest absolute Gasteiger partial charge is 0.234 e. The molecule has 2 aliphatic rings. The van der Waals surface area contributed by atoms with E-state index in [4.69, 9.17) is 0 Å². The molecule has 22 heavy (non-hydrogen) atoms. The van der Waals surface area contributed by atoms with Gasteiger partial charge in [0, 0.05) is 50.7 Å². The van der Waals surface area contributed by atoms with Gasteiger partial charge in [0.05, 0.1) is 6.54 Å². The third kappa shape index (κ3) is 4.39.